The van der Waals surface area contributed by atoms with Crippen LogP contribution in [0.4, 0.5) is 0 Å². The second-order valence-corrected chi connectivity index (χ2v) is 4.01. The molecule has 0 aliphatic carbocycles. The van der Waals surface area contributed by atoms with Crippen LogP contribution in [0.5, 0.6) is 0 Å². The highest BCUT2D eigenvalue weighted by Gasteiger charge is 2.14. The molecule has 0 unspecified atom stereocenters. The molecule has 0 spiro atoms. The zero-order valence-electron chi connectivity index (χ0n) is 11.6. The topological polar surface area (TPSA) is 12.0 Å². The second-order valence-electron chi connectivity index (χ2n) is 3.58. The number of rotatable bonds is 1. The van der Waals surface area contributed by atoms with Gasteiger partial charge in [-0.3, -0.25) is 0 Å². The van der Waals surface area contributed by atoms with Gasteiger partial charge in [0.15, 0.2) is 0 Å². The monoisotopic (exact) mass is 255 g/mol. The van der Waals surface area contributed by atoms with Crippen LogP contribution < -0.4 is 5.32 Å². The fraction of sp³-hybridized carbons (Fsp3) is 0.600. The smallest absolute Gasteiger partial charge is 0.0406 e. The van der Waals surface area contributed by atoms with Gasteiger partial charge in [-0.25, -0.2) is 0 Å². The van der Waals surface area contributed by atoms with Gasteiger partial charge in [-0.2, -0.15) is 0 Å². The van der Waals surface area contributed by atoms with E-state index in [1.54, 1.807) is 0 Å². The summed E-state index contributed by atoms with van der Waals surface area (Å²) in [6.07, 6.45) is 2.50. The van der Waals surface area contributed by atoms with E-state index >= 15 is 0 Å². The largest absolute Gasteiger partial charge is 0.317 e. The van der Waals surface area contributed by atoms with E-state index in [0.29, 0.717) is 0 Å². The number of benzene rings is 1. The lowest BCUT2D eigenvalue weighted by atomic mass is 9.90. The lowest BCUT2D eigenvalue weighted by Gasteiger charge is -2.22. The van der Waals surface area contributed by atoms with E-state index in [0.717, 1.165) is 24.0 Å². The summed E-state index contributed by atoms with van der Waals surface area (Å²) in [5.74, 6) is 0.735. The van der Waals surface area contributed by atoms with E-state index in [2.05, 4.69) is 17.4 Å². The Balaban J connectivity index is 0.000000581. The van der Waals surface area contributed by atoms with Gasteiger partial charge in [-0.1, -0.05) is 51.4 Å². The molecule has 1 aliphatic heterocycles. The predicted octanol–water partition coefficient (Wildman–Crippen LogP) is 4.86. The zero-order chi connectivity index (χ0) is 13.1. The highest BCUT2D eigenvalue weighted by Crippen LogP contribution is 2.25. The first-order valence-corrected chi connectivity index (χ1v) is 7.20. The van der Waals surface area contributed by atoms with Gasteiger partial charge >= 0.3 is 0 Å². The third kappa shape index (κ3) is 6.09. The predicted molar refractivity (Wildman–Crippen MR) is 79.0 cm³/mol. The Morgan fingerprint density at radius 2 is 1.41 bits per heavy atom. The number of halogens is 1. The van der Waals surface area contributed by atoms with Crippen molar-refractivity contribution in [3.63, 3.8) is 0 Å². The molecule has 0 aromatic heterocycles. The quantitative estimate of drug-likeness (QED) is 0.756. The summed E-state index contributed by atoms with van der Waals surface area (Å²) in [6, 6.07) is 8.27. The molecule has 1 aliphatic rings. The van der Waals surface area contributed by atoms with Gasteiger partial charge in [0, 0.05) is 5.02 Å². The molecule has 17 heavy (non-hydrogen) atoms. The van der Waals surface area contributed by atoms with E-state index in [9.17, 15) is 0 Å². The van der Waals surface area contributed by atoms with Crippen LogP contribution in [0.2, 0.25) is 5.02 Å². The van der Waals surface area contributed by atoms with Gasteiger partial charge in [0.2, 0.25) is 0 Å². The Morgan fingerprint density at radius 3 is 1.88 bits per heavy atom. The normalized spacial score (nSPS) is 15.1. The van der Waals surface area contributed by atoms with E-state index < -0.39 is 0 Å². The molecule has 0 radical (unpaired) electrons. The average Bonchev–Trinajstić information content (AvgIpc) is 2.45. The maximum Gasteiger partial charge on any atom is 0.0406 e. The van der Waals surface area contributed by atoms with Gasteiger partial charge in [-0.05, 0) is 49.5 Å². The summed E-state index contributed by atoms with van der Waals surface area (Å²) in [6.45, 7) is 10.3. The number of hydrogen-bond acceptors (Lipinski definition) is 1. The Morgan fingerprint density at radius 1 is 0.941 bits per heavy atom. The molecule has 0 saturated carbocycles. The minimum Gasteiger partial charge on any atom is -0.317 e. The molecule has 2 rings (SSSR count). The van der Waals surface area contributed by atoms with Crippen molar-refractivity contribution in [2.24, 2.45) is 0 Å². The van der Waals surface area contributed by atoms with Crippen LogP contribution in [-0.2, 0) is 0 Å². The average molecular weight is 256 g/mol. The van der Waals surface area contributed by atoms with E-state index in [4.69, 9.17) is 11.6 Å². The Kier molecular flexibility index (Phi) is 10.3. The summed E-state index contributed by atoms with van der Waals surface area (Å²) in [4.78, 5) is 0. The lowest BCUT2D eigenvalue weighted by Crippen LogP contribution is -2.26. The number of hydrogen-bond donors (Lipinski definition) is 1. The van der Waals surface area contributed by atoms with Crippen molar-refractivity contribution < 1.29 is 0 Å². The van der Waals surface area contributed by atoms with Crippen molar-refractivity contribution in [3.8, 4) is 0 Å². The Hall–Kier alpha value is -0.530. The molecule has 98 valence electrons. The molecule has 0 amide bonds. The lowest BCUT2D eigenvalue weighted by molar-refractivity contribution is 0.460. The van der Waals surface area contributed by atoms with Crippen molar-refractivity contribution >= 4 is 11.6 Å². The highest BCUT2D eigenvalue weighted by atomic mass is 35.5. The molecule has 0 atom stereocenters. The first kappa shape index (κ1) is 16.5. The van der Waals surface area contributed by atoms with E-state index in [1.807, 2.05) is 39.8 Å². The SMILES string of the molecule is CC.CC.Clc1ccc(C2CCNCC2)cc1. The minimum absolute atomic E-state index is 0.735. The van der Waals surface area contributed by atoms with Crippen LogP contribution in [0.15, 0.2) is 24.3 Å². The molecule has 1 fully saturated rings. The molecule has 1 heterocycles. The maximum atomic E-state index is 5.84. The van der Waals surface area contributed by atoms with Gasteiger partial charge in [0.25, 0.3) is 0 Å². The van der Waals surface area contributed by atoms with Crippen molar-refractivity contribution in [2.75, 3.05) is 13.1 Å². The van der Waals surface area contributed by atoms with Gasteiger partial charge < -0.3 is 5.32 Å². The fourth-order valence-corrected chi connectivity index (χ4v) is 2.02. The van der Waals surface area contributed by atoms with E-state index in [1.165, 1.54) is 18.4 Å². The van der Waals surface area contributed by atoms with Crippen LogP contribution >= 0.6 is 11.6 Å². The van der Waals surface area contributed by atoms with Crippen LogP contribution in [0.1, 0.15) is 52.0 Å². The van der Waals surface area contributed by atoms with Crippen LogP contribution in [0.25, 0.3) is 0 Å². The van der Waals surface area contributed by atoms with Crippen molar-refractivity contribution in [1.29, 1.82) is 0 Å². The number of nitrogens with one attached hydrogen (secondary N) is 1. The van der Waals surface area contributed by atoms with Crippen LogP contribution in [-0.4, -0.2) is 13.1 Å². The molecule has 1 saturated heterocycles. The second kappa shape index (κ2) is 10.6. The fourth-order valence-electron chi connectivity index (χ4n) is 1.89. The van der Waals surface area contributed by atoms with Gasteiger partial charge in [0.1, 0.15) is 0 Å². The molecule has 2 heteroatoms. The third-order valence-electron chi connectivity index (χ3n) is 2.68. The minimum atomic E-state index is 0.735. The molecular formula is C15H26ClN. The summed E-state index contributed by atoms with van der Waals surface area (Å²) in [7, 11) is 0. The standard InChI is InChI=1S/C11H14ClN.2C2H6/c12-11-3-1-9(2-4-11)10-5-7-13-8-6-10;2*1-2/h1-4,10,13H,5-8H2;2*1-2H3. The molecule has 1 nitrogen and oxygen atoms in total. The van der Waals surface area contributed by atoms with Gasteiger partial charge in [-0.15, -0.1) is 0 Å². The zero-order valence-corrected chi connectivity index (χ0v) is 12.3. The number of piperidine rings is 1. The van der Waals surface area contributed by atoms with Crippen molar-refractivity contribution in [3.05, 3.63) is 34.9 Å². The third-order valence-corrected chi connectivity index (χ3v) is 2.93. The first-order valence-electron chi connectivity index (χ1n) is 6.82. The maximum absolute atomic E-state index is 5.84. The molecule has 0 bridgehead atoms. The van der Waals surface area contributed by atoms with Crippen molar-refractivity contribution in [2.45, 2.75) is 46.5 Å². The van der Waals surface area contributed by atoms with Crippen LogP contribution in [0, 0.1) is 0 Å². The van der Waals surface area contributed by atoms with E-state index in [-0.39, 0.29) is 0 Å². The summed E-state index contributed by atoms with van der Waals surface area (Å²) < 4.78 is 0. The van der Waals surface area contributed by atoms with Crippen molar-refractivity contribution in [1.82, 2.24) is 5.32 Å². The molecule has 1 aromatic rings. The van der Waals surface area contributed by atoms with Gasteiger partial charge in [0.05, 0.1) is 0 Å². The molecule has 1 N–H and O–H groups in total. The molecular weight excluding hydrogens is 230 g/mol. The summed E-state index contributed by atoms with van der Waals surface area (Å²) in [5.41, 5.74) is 1.44. The summed E-state index contributed by atoms with van der Waals surface area (Å²) >= 11 is 5.84. The Bertz CT molecular complexity index is 263. The van der Waals surface area contributed by atoms with Crippen LogP contribution in [0.3, 0.4) is 0 Å². The highest BCUT2D eigenvalue weighted by molar-refractivity contribution is 6.30. The first-order chi connectivity index (χ1) is 8.36. The molecule has 1 aromatic carbocycles. The Labute approximate surface area is 112 Å². The summed E-state index contributed by atoms with van der Waals surface area (Å²) in [5, 5.41) is 4.20.